The number of nitrogens with zero attached hydrogens (tertiary/aromatic N) is 3. The Labute approximate surface area is 145 Å². The van der Waals surface area contributed by atoms with Gasteiger partial charge in [0, 0.05) is 13.1 Å². The minimum absolute atomic E-state index is 0. The molecular weight excluding hydrogens is 399 g/mol. The molecule has 0 spiro atoms. The van der Waals surface area contributed by atoms with Crippen LogP contribution in [0.5, 0.6) is 0 Å². The lowest BCUT2D eigenvalue weighted by molar-refractivity contribution is 0.338. The van der Waals surface area contributed by atoms with Crippen molar-refractivity contribution in [3.63, 3.8) is 0 Å². The fourth-order valence-corrected chi connectivity index (χ4v) is 2.93. The van der Waals surface area contributed by atoms with Crippen molar-refractivity contribution in [3.05, 3.63) is 29.5 Å². The van der Waals surface area contributed by atoms with Crippen LogP contribution in [-0.4, -0.2) is 28.9 Å². The van der Waals surface area contributed by atoms with E-state index in [-0.39, 0.29) is 24.0 Å². The molecule has 3 rings (SSSR count). The molecule has 7 heteroatoms. The summed E-state index contributed by atoms with van der Waals surface area (Å²) in [5, 5.41) is 2.01. The molecule has 1 aliphatic rings. The van der Waals surface area contributed by atoms with E-state index in [0.717, 1.165) is 23.7 Å². The Bertz CT molecular complexity index is 576. The highest BCUT2D eigenvalue weighted by Gasteiger charge is 2.12. The summed E-state index contributed by atoms with van der Waals surface area (Å²) in [6.07, 6.45) is 5.34. The molecule has 0 aliphatic carbocycles. The van der Waals surface area contributed by atoms with E-state index in [1.165, 1.54) is 19.3 Å². The highest BCUT2D eigenvalue weighted by molar-refractivity contribution is 14.0. The number of hydrogen-bond acceptors (Lipinski definition) is 4. The average Bonchev–Trinajstić information content (AvgIpc) is 3.16. The van der Waals surface area contributed by atoms with Crippen molar-refractivity contribution in [2.45, 2.75) is 25.8 Å². The summed E-state index contributed by atoms with van der Waals surface area (Å²) in [6.45, 7) is 2.49. The van der Waals surface area contributed by atoms with Gasteiger partial charge < -0.3 is 15.1 Å². The van der Waals surface area contributed by atoms with Gasteiger partial charge >= 0.3 is 0 Å². The molecule has 0 aromatic carbocycles. The van der Waals surface area contributed by atoms with Crippen LogP contribution < -0.4 is 5.73 Å². The van der Waals surface area contributed by atoms with Crippen molar-refractivity contribution in [2.75, 3.05) is 13.1 Å². The van der Waals surface area contributed by atoms with Gasteiger partial charge in [-0.15, -0.1) is 35.3 Å². The molecule has 0 radical (unpaired) electrons. The molecule has 1 saturated heterocycles. The molecular formula is C14H19IN4OS. The van der Waals surface area contributed by atoms with Gasteiger partial charge in [0.25, 0.3) is 0 Å². The Balaban J connectivity index is 0.00000161. The molecule has 0 bridgehead atoms. The summed E-state index contributed by atoms with van der Waals surface area (Å²) in [6, 6.07) is 3.97. The Hall–Kier alpha value is -1.09. The van der Waals surface area contributed by atoms with Crippen LogP contribution in [0.4, 0.5) is 0 Å². The Morgan fingerprint density at radius 1 is 1.38 bits per heavy atom. The predicted octanol–water partition coefficient (Wildman–Crippen LogP) is 3.32. The number of guanidine groups is 1. The lowest BCUT2D eigenvalue weighted by Gasteiger charge is -2.27. The maximum atomic E-state index is 6.02. The molecule has 2 aromatic rings. The maximum absolute atomic E-state index is 6.02. The zero-order chi connectivity index (χ0) is 13.8. The minimum atomic E-state index is 0. The molecule has 5 nitrogen and oxygen atoms in total. The van der Waals surface area contributed by atoms with Crippen molar-refractivity contribution in [1.82, 2.24) is 9.88 Å². The third-order valence-corrected chi connectivity index (χ3v) is 4.22. The number of hydrogen-bond donors (Lipinski definition) is 1. The topological polar surface area (TPSA) is 67.6 Å². The number of aliphatic imine (C=N–C) groups is 1. The molecule has 1 aliphatic heterocycles. The van der Waals surface area contributed by atoms with Gasteiger partial charge in [-0.05, 0) is 30.7 Å². The summed E-state index contributed by atoms with van der Waals surface area (Å²) in [4.78, 5) is 12.0. The summed E-state index contributed by atoms with van der Waals surface area (Å²) >= 11 is 1.61. The number of oxazole rings is 1. The fourth-order valence-electron chi connectivity index (χ4n) is 2.28. The number of thiophene rings is 1. The van der Waals surface area contributed by atoms with E-state index >= 15 is 0 Å². The van der Waals surface area contributed by atoms with Crippen molar-refractivity contribution in [3.8, 4) is 10.8 Å². The van der Waals surface area contributed by atoms with Gasteiger partial charge in [-0.3, -0.25) is 0 Å². The van der Waals surface area contributed by atoms with Crippen LogP contribution in [0.1, 0.15) is 25.0 Å². The van der Waals surface area contributed by atoms with E-state index in [4.69, 9.17) is 10.2 Å². The molecule has 1 fully saturated rings. The summed E-state index contributed by atoms with van der Waals surface area (Å²) < 4.78 is 5.46. The van der Waals surface area contributed by atoms with Crippen LogP contribution in [0.3, 0.4) is 0 Å². The lowest BCUT2D eigenvalue weighted by Crippen LogP contribution is -2.40. The second kappa shape index (κ2) is 7.79. The quantitative estimate of drug-likeness (QED) is 0.472. The van der Waals surface area contributed by atoms with E-state index in [9.17, 15) is 0 Å². The Kier molecular flexibility index (Phi) is 6.04. The van der Waals surface area contributed by atoms with Gasteiger partial charge in [0.05, 0.1) is 11.4 Å². The van der Waals surface area contributed by atoms with Gasteiger partial charge in [-0.1, -0.05) is 6.07 Å². The highest BCUT2D eigenvalue weighted by atomic mass is 127. The first-order valence-electron chi connectivity index (χ1n) is 6.86. The van der Waals surface area contributed by atoms with E-state index in [1.807, 2.05) is 17.5 Å². The fraction of sp³-hybridized carbons (Fsp3) is 0.429. The smallest absolute Gasteiger partial charge is 0.236 e. The number of rotatable bonds is 3. The molecule has 0 saturated carbocycles. The van der Waals surface area contributed by atoms with Crippen LogP contribution in [0.15, 0.2) is 33.2 Å². The SMILES string of the molecule is I.NC(=NCc1coc(-c2cccs2)n1)N1CCCCC1. The molecule has 0 amide bonds. The summed E-state index contributed by atoms with van der Waals surface area (Å²) in [5.74, 6) is 1.27. The number of piperidine rings is 1. The molecule has 3 heterocycles. The van der Waals surface area contributed by atoms with Crippen LogP contribution in [0.2, 0.25) is 0 Å². The van der Waals surface area contributed by atoms with E-state index in [1.54, 1.807) is 17.6 Å². The van der Waals surface area contributed by atoms with Gasteiger partial charge in [0.15, 0.2) is 5.96 Å². The van der Waals surface area contributed by atoms with E-state index < -0.39 is 0 Å². The Morgan fingerprint density at radius 2 is 2.19 bits per heavy atom. The van der Waals surface area contributed by atoms with Crippen LogP contribution >= 0.6 is 35.3 Å². The standard InChI is InChI=1S/C14H18N4OS.HI/c15-14(18-6-2-1-3-7-18)16-9-11-10-19-13(17-11)12-5-4-8-20-12;/h4-5,8,10H,1-3,6-7,9H2,(H2,15,16);1H. The molecule has 2 aromatic heterocycles. The van der Waals surface area contributed by atoms with Crippen LogP contribution in [-0.2, 0) is 6.54 Å². The van der Waals surface area contributed by atoms with Gasteiger partial charge in [-0.25, -0.2) is 9.98 Å². The second-order valence-corrected chi connectivity index (χ2v) is 5.79. The first-order chi connectivity index (χ1) is 9.83. The largest absolute Gasteiger partial charge is 0.443 e. The first-order valence-corrected chi connectivity index (χ1v) is 7.74. The van der Waals surface area contributed by atoms with Crippen molar-refractivity contribution >= 4 is 41.3 Å². The third kappa shape index (κ3) is 4.19. The molecule has 2 N–H and O–H groups in total. The van der Waals surface area contributed by atoms with Crippen LogP contribution in [0, 0.1) is 0 Å². The minimum Gasteiger partial charge on any atom is -0.443 e. The second-order valence-electron chi connectivity index (χ2n) is 4.84. The zero-order valence-electron chi connectivity index (χ0n) is 11.7. The molecule has 21 heavy (non-hydrogen) atoms. The third-order valence-electron chi connectivity index (χ3n) is 3.37. The van der Waals surface area contributed by atoms with Gasteiger partial charge in [0.2, 0.25) is 5.89 Å². The molecule has 0 unspecified atom stereocenters. The van der Waals surface area contributed by atoms with Crippen molar-refractivity contribution < 1.29 is 4.42 Å². The Morgan fingerprint density at radius 3 is 2.90 bits per heavy atom. The number of aromatic nitrogens is 1. The number of halogens is 1. The van der Waals surface area contributed by atoms with Gasteiger partial charge in [0.1, 0.15) is 12.0 Å². The first kappa shape index (κ1) is 16.3. The number of nitrogens with two attached hydrogens (primary N) is 1. The lowest BCUT2D eigenvalue weighted by atomic mass is 10.1. The molecule has 0 atom stereocenters. The van der Waals surface area contributed by atoms with Crippen molar-refractivity contribution in [2.24, 2.45) is 10.7 Å². The number of likely N-dealkylation sites (tertiary alicyclic amines) is 1. The van der Waals surface area contributed by atoms with Crippen molar-refractivity contribution in [1.29, 1.82) is 0 Å². The predicted molar refractivity (Wildman–Crippen MR) is 96.0 cm³/mol. The molecule has 114 valence electrons. The summed E-state index contributed by atoms with van der Waals surface area (Å²) in [5.41, 5.74) is 6.83. The van der Waals surface area contributed by atoms with E-state index in [0.29, 0.717) is 18.4 Å². The van der Waals surface area contributed by atoms with Gasteiger partial charge in [-0.2, -0.15) is 0 Å². The normalized spacial score (nSPS) is 15.8. The van der Waals surface area contributed by atoms with E-state index in [2.05, 4.69) is 14.9 Å². The highest BCUT2D eigenvalue weighted by Crippen LogP contribution is 2.23. The van der Waals surface area contributed by atoms with Crippen LogP contribution in [0.25, 0.3) is 10.8 Å². The maximum Gasteiger partial charge on any atom is 0.236 e. The average molecular weight is 418 g/mol. The zero-order valence-corrected chi connectivity index (χ0v) is 14.8. The monoisotopic (exact) mass is 418 g/mol. The summed E-state index contributed by atoms with van der Waals surface area (Å²) in [7, 11) is 0.